The minimum Gasteiger partial charge on any atom is -0.314 e. The average Bonchev–Trinajstić information content (AvgIpc) is 2.45. The third-order valence-corrected chi connectivity index (χ3v) is 4.40. The van der Waals surface area contributed by atoms with E-state index in [1.54, 1.807) is 6.07 Å². The van der Waals surface area contributed by atoms with Gasteiger partial charge in [-0.1, -0.05) is 37.6 Å². The Bertz CT molecular complexity index is 497. The molecule has 6 heteroatoms. The number of rotatable bonds is 4. The molecule has 0 aliphatic carbocycles. The predicted molar refractivity (Wildman–Crippen MR) is 83.1 cm³/mol. The largest absolute Gasteiger partial charge is 0.417 e. The van der Waals surface area contributed by atoms with Gasteiger partial charge in [0.15, 0.2) is 0 Å². The van der Waals surface area contributed by atoms with Crippen LogP contribution in [0.1, 0.15) is 37.4 Å². The number of hydrogen-bond donors (Lipinski definition) is 1. The van der Waals surface area contributed by atoms with Crippen molar-refractivity contribution in [2.45, 2.75) is 32.5 Å². The maximum atomic E-state index is 13.1. The Morgan fingerprint density at radius 3 is 2.41 bits per heavy atom. The molecule has 2 rings (SSSR count). The van der Waals surface area contributed by atoms with E-state index in [1.807, 2.05) is 0 Å². The summed E-state index contributed by atoms with van der Waals surface area (Å²) in [6.07, 6.45) is -3.63. The van der Waals surface area contributed by atoms with Gasteiger partial charge in [0.05, 0.1) is 10.6 Å². The van der Waals surface area contributed by atoms with Crippen LogP contribution in [-0.2, 0) is 6.18 Å². The fraction of sp³-hybridized carbons (Fsp3) is 0.625. The molecule has 22 heavy (non-hydrogen) atoms. The highest BCUT2D eigenvalue weighted by atomic mass is 35.5. The minimum absolute atomic E-state index is 0.0723. The second kappa shape index (κ2) is 7.20. The van der Waals surface area contributed by atoms with Crippen molar-refractivity contribution in [3.63, 3.8) is 0 Å². The summed E-state index contributed by atoms with van der Waals surface area (Å²) in [4.78, 5) is 2.23. The predicted octanol–water partition coefficient (Wildman–Crippen LogP) is 4.35. The van der Waals surface area contributed by atoms with E-state index >= 15 is 0 Å². The van der Waals surface area contributed by atoms with E-state index < -0.39 is 11.7 Å². The molecule has 1 heterocycles. The molecular formula is C16H22ClF3N2. The fourth-order valence-corrected chi connectivity index (χ4v) is 3.30. The van der Waals surface area contributed by atoms with E-state index in [4.69, 9.17) is 11.6 Å². The highest BCUT2D eigenvalue weighted by molar-refractivity contribution is 6.32. The van der Waals surface area contributed by atoms with Gasteiger partial charge in [-0.15, -0.1) is 0 Å². The van der Waals surface area contributed by atoms with Crippen molar-refractivity contribution in [1.29, 1.82) is 0 Å². The van der Waals surface area contributed by atoms with Crippen LogP contribution in [0.3, 0.4) is 0 Å². The Hall–Kier alpha value is -0.780. The molecule has 1 saturated heterocycles. The Balaban J connectivity index is 2.38. The monoisotopic (exact) mass is 334 g/mol. The van der Waals surface area contributed by atoms with Crippen LogP contribution in [0.2, 0.25) is 5.02 Å². The number of piperazine rings is 1. The SMILES string of the molecule is CC(C)C[C@@H](c1cccc(C(F)(F)F)c1Cl)N1CCNCC1. The molecule has 124 valence electrons. The summed E-state index contributed by atoms with van der Waals surface area (Å²) in [5.41, 5.74) is -0.150. The lowest BCUT2D eigenvalue weighted by molar-refractivity contribution is -0.137. The summed E-state index contributed by atoms with van der Waals surface area (Å²) >= 11 is 6.13. The summed E-state index contributed by atoms with van der Waals surface area (Å²) in [6.45, 7) is 7.51. The third-order valence-electron chi connectivity index (χ3n) is 3.98. The van der Waals surface area contributed by atoms with Crippen molar-refractivity contribution in [3.05, 3.63) is 34.3 Å². The summed E-state index contributed by atoms with van der Waals surface area (Å²) in [5, 5.41) is 3.12. The van der Waals surface area contributed by atoms with Crippen molar-refractivity contribution in [2.75, 3.05) is 26.2 Å². The molecule has 0 amide bonds. The molecule has 1 aromatic carbocycles. The van der Waals surface area contributed by atoms with E-state index in [0.29, 0.717) is 11.5 Å². The molecule has 0 aromatic heterocycles. The van der Waals surface area contributed by atoms with Gasteiger partial charge in [-0.25, -0.2) is 0 Å². The first-order chi connectivity index (χ1) is 10.3. The maximum absolute atomic E-state index is 13.1. The van der Waals surface area contributed by atoms with Crippen LogP contribution in [0.4, 0.5) is 13.2 Å². The van der Waals surface area contributed by atoms with E-state index in [2.05, 4.69) is 24.1 Å². The molecule has 1 aliphatic rings. The van der Waals surface area contributed by atoms with Gasteiger partial charge in [0.2, 0.25) is 0 Å². The number of benzene rings is 1. The summed E-state index contributed by atoms with van der Waals surface area (Å²) in [6, 6.07) is 4.17. The second-order valence-corrected chi connectivity index (χ2v) is 6.52. The second-order valence-electron chi connectivity index (χ2n) is 6.14. The summed E-state index contributed by atoms with van der Waals surface area (Å²) in [7, 11) is 0. The van der Waals surface area contributed by atoms with Crippen molar-refractivity contribution >= 4 is 11.6 Å². The molecule has 0 radical (unpaired) electrons. The topological polar surface area (TPSA) is 15.3 Å². The molecule has 0 bridgehead atoms. The van der Waals surface area contributed by atoms with Gasteiger partial charge in [0.25, 0.3) is 0 Å². The first kappa shape index (κ1) is 17.6. The number of alkyl halides is 3. The standard InChI is InChI=1S/C16H22ClF3N2/c1-11(2)10-14(22-8-6-21-7-9-22)12-4-3-5-13(15(12)17)16(18,19)20/h3-5,11,14,21H,6-10H2,1-2H3/t14-/m0/s1. The van der Waals surface area contributed by atoms with Gasteiger partial charge in [0.1, 0.15) is 0 Å². The van der Waals surface area contributed by atoms with E-state index in [1.165, 1.54) is 6.07 Å². The third kappa shape index (κ3) is 4.15. The first-order valence-electron chi connectivity index (χ1n) is 7.61. The Morgan fingerprint density at radius 1 is 1.23 bits per heavy atom. The zero-order chi connectivity index (χ0) is 16.3. The fourth-order valence-electron chi connectivity index (χ4n) is 2.94. The zero-order valence-corrected chi connectivity index (χ0v) is 13.6. The Morgan fingerprint density at radius 2 is 1.86 bits per heavy atom. The first-order valence-corrected chi connectivity index (χ1v) is 7.99. The molecule has 1 aliphatic heterocycles. The lowest BCUT2D eigenvalue weighted by Crippen LogP contribution is -2.45. The van der Waals surface area contributed by atoms with Gasteiger partial charge in [-0.05, 0) is 24.0 Å². The van der Waals surface area contributed by atoms with Crippen LogP contribution in [0.15, 0.2) is 18.2 Å². The van der Waals surface area contributed by atoms with Crippen LogP contribution < -0.4 is 5.32 Å². The molecule has 0 unspecified atom stereocenters. The van der Waals surface area contributed by atoms with E-state index in [9.17, 15) is 13.2 Å². The van der Waals surface area contributed by atoms with Gasteiger partial charge in [-0.2, -0.15) is 13.2 Å². The number of hydrogen-bond acceptors (Lipinski definition) is 2. The summed E-state index contributed by atoms with van der Waals surface area (Å²) < 4.78 is 39.3. The van der Waals surface area contributed by atoms with Gasteiger partial charge >= 0.3 is 6.18 Å². The van der Waals surface area contributed by atoms with E-state index in [-0.39, 0.29) is 11.1 Å². The van der Waals surface area contributed by atoms with Crippen LogP contribution in [-0.4, -0.2) is 31.1 Å². The van der Waals surface area contributed by atoms with Crippen LogP contribution in [0.25, 0.3) is 0 Å². The van der Waals surface area contributed by atoms with E-state index in [0.717, 1.165) is 38.7 Å². The Kier molecular flexibility index (Phi) is 5.75. The van der Waals surface area contributed by atoms with Crippen molar-refractivity contribution in [3.8, 4) is 0 Å². The van der Waals surface area contributed by atoms with Crippen molar-refractivity contribution < 1.29 is 13.2 Å². The highest BCUT2D eigenvalue weighted by Crippen LogP contribution is 2.40. The molecular weight excluding hydrogens is 313 g/mol. The lowest BCUT2D eigenvalue weighted by atomic mass is 9.93. The van der Waals surface area contributed by atoms with Crippen molar-refractivity contribution in [1.82, 2.24) is 10.2 Å². The van der Waals surface area contributed by atoms with Gasteiger partial charge in [0, 0.05) is 32.2 Å². The molecule has 1 aromatic rings. The zero-order valence-electron chi connectivity index (χ0n) is 12.9. The van der Waals surface area contributed by atoms with Crippen LogP contribution in [0, 0.1) is 5.92 Å². The molecule has 1 fully saturated rings. The van der Waals surface area contributed by atoms with Crippen molar-refractivity contribution in [2.24, 2.45) is 5.92 Å². The number of nitrogens with one attached hydrogen (secondary N) is 1. The molecule has 1 atom stereocenters. The smallest absolute Gasteiger partial charge is 0.314 e. The molecule has 1 N–H and O–H groups in total. The number of halogens is 4. The molecule has 2 nitrogen and oxygen atoms in total. The normalized spacial score (nSPS) is 18.7. The quantitative estimate of drug-likeness (QED) is 0.880. The van der Waals surface area contributed by atoms with Crippen LogP contribution in [0.5, 0.6) is 0 Å². The van der Waals surface area contributed by atoms with Crippen LogP contribution >= 0.6 is 11.6 Å². The van der Waals surface area contributed by atoms with Gasteiger partial charge in [-0.3, -0.25) is 4.90 Å². The maximum Gasteiger partial charge on any atom is 0.417 e. The lowest BCUT2D eigenvalue weighted by Gasteiger charge is -2.37. The van der Waals surface area contributed by atoms with Gasteiger partial charge < -0.3 is 5.32 Å². The average molecular weight is 335 g/mol. The Labute approximate surface area is 134 Å². The highest BCUT2D eigenvalue weighted by Gasteiger charge is 2.35. The minimum atomic E-state index is -4.42. The molecule has 0 saturated carbocycles. The summed E-state index contributed by atoms with van der Waals surface area (Å²) in [5.74, 6) is 0.380. The number of nitrogens with zero attached hydrogens (tertiary/aromatic N) is 1. The molecule has 0 spiro atoms.